The van der Waals surface area contributed by atoms with Crippen LogP contribution in [0.5, 0.6) is 11.5 Å². The smallest absolute Gasteiger partial charge is 0.405 e. The van der Waals surface area contributed by atoms with E-state index in [1.807, 2.05) is 54.6 Å². The molecule has 2 heterocycles. The third kappa shape index (κ3) is 14.3. The first-order valence-corrected chi connectivity index (χ1v) is 33.0. The molecule has 0 amide bonds. The molecule has 4 atom stereocenters. The van der Waals surface area contributed by atoms with Gasteiger partial charge >= 0.3 is 12.7 Å². The Morgan fingerprint density at radius 2 is 0.908 bits per heavy atom. The molecule has 8 aromatic rings. The van der Waals surface area contributed by atoms with Gasteiger partial charge in [-0.05, 0) is 171 Å². The second-order valence-corrected chi connectivity index (χ2v) is 27.8. The summed E-state index contributed by atoms with van der Waals surface area (Å²) >= 11 is 0. The number of sulfonamides is 1. The number of aromatic nitrogens is 2. The Balaban J connectivity index is 0.000000144. The Kier molecular flexibility index (Phi) is 17.3. The van der Waals surface area contributed by atoms with Crippen molar-refractivity contribution < 1.29 is 71.2 Å². The molecular formula is C64H63ClF6N4O10S2. The van der Waals surface area contributed by atoms with Crippen LogP contribution >= 0.6 is 10.7 Å². The van der Waals surface area contributed by atoms with E-state index in [4.69, 9.17) is 34.9 Å². The number of rotatable bonds is 16. The van der Waals surface area contributed by atoms with Crippen LogP contribution in [0.3, 0.4) is 0 Å². The highest BCUT2D eigenvalue weighted by atomic mass is 35.7. The molecule has 3 N–H and O–H groups in total. The highest BCUT2D eigenvalue weighted by Crippen LogP contribution is 2.50. The minimum absolute atomic E-state index is 0.110. The minimum atomic E-state index is -4.84. The number of alkyl halides is 6. The van der Waals surface area contributed by atoms with E-state index >= 15 is 0 Å². The molecule has 6 saturated carbocycles. The van der Waals surface area contributed by atoms with E-state index in [2.05, 4.69) is 24.5 Å². The van der Waals surface area contributed by atoms with Gasteiger partial charge < -0.3 is 33.7 Å². The lowest BCUT2D eigenvalue weighted by Gasteiger charge is -2.35. The quantitative estimate of drug-likeness (QED) is 0.0686. The number of nitrogens with two attached hydrogens (primary N) is 1. The molecule has 4 unspecified atom stereocenters. The van der Waals surface area contributed by atoms with Crippen LogP contribution in [0.4, 0.5) is 26.3 Å². The van der Waals surface area contributed by atoms with E-state index in [1.165, 1.54) is 36.4 Å². The molecule has 6 aromatic carbocycles. The van der Waals surface area contributed by atoms with Crippen LogP contribution in [0.1, 0.15) is 112 Å². The summed E-state index contributed by atoms with van der Waals surface area (Å²) in [6, 6.07) is 37.2. The van der Waals surface area contributed by atoms with Crippen molar-refractivity contribution in [3.05, 3.63) is 156 Å². The Bertz CT molecular complexity index is 3980. The molecule has 0 saturated heterocycles. The molecular weight excluding hydrogens is 1200 g/mol. The summed E-state index contributed by atoms with van der Waals surface area (Å²) in [7, 11) is -2.10. The fourth-order valence-electron chi connectivity index (χ4n) is 13.2. The molecule has 6 aliphatic carbocycles. The molecule has 460 valence electrons. The van der Waals surface area contributed by atoms with Crippen molar-refractivity contribution in [3.63, 3.8) is 0 Å². The molecule has 87 heavy (non-hydrogen) atoms. The van der Waals surface area contributed by atoms with Crippen molar-refractivity contribution in [1.82, 2.24) is 15.0 Å². The van der Waals surface area contributed by atoms with Gasteiger partial charge in [-0.1, -0.05) is 95.2 Å². The van der Waals surface area contributed by atoms with Crippen molar-refractivity contribution in [3.8, 4) is 34.0 Å². The summed E-state index contributed by atoms with van der Waals surface area (Å²) < 4.78 is 162. The monoisotopic (exact) mass is 1260 g/mol. The Morgan fingerprint density at radius 3 is 1.34 bits per heavy atom. The zero-order chi connectivity index (χ0) is 60.8. The molecule has 6 fully saturated rings. The van der Waals surface area contributed by atoms with E-state index < -0.39 is 31.8 Å². The number of fused-ring (bicyclic) bond motifs is 6. The van der Waals surface area contributed by atoms with Crippen LogP contribution in [-0.4, -0.2) is 64.2 Å². The number of ether oxygens (including phenoxy) is 4. The van der Waals surface area contributed by atoms with Crippen molar-refractivity contribution >= 4 is 51.3 Å². The SMILES string of the molecule is NC1C2CCC1CC(OCc1c(-c3ccccc3OC(F)(F)F)noc1C1CC1)C2.O=S(=O)(Cl)c1ccc2ccccc2c1.O=S(=O)(NC1C2CCC1CC(OCc1c(-c3ccccc3OC(F)(F)F)noc1C1CC1)C2)c1ccc2ccccc2c1. The van der Waals surface area contributed by atoms with Crippen molar-refractivity contribution in [1.29, 1.82) is 0 Å². The van der Waals surface area contributed by atoms with E-state index in [-0.39, 0.29) is 93.6 Å². The number of benzene rings is 6. The summed E-state index contributed by atoms with van der Waals surface area (Å²) in [6.45, 7) is 0.410. The van der Waals surface area contributed by atoms with E-state index in [9.17, 15) is 43.2 Å². The average Bonchev–Trinajstić information content (AvgIpc) is 2.66. The van der Waals surface area contributed by atoms with Gasteiger partial charge in [-0.15, -0.1) is 26.3 Å². The Morgan fingerprint density at radius 1 is 0.517 bits per heavy atom. The number of nitrogens with zero attached hydrogens (tertiary/aromatic N) is 2. The summed E-state index contributed by atoms with van der Waals surface area (Å²) in [5, 5.41) is 12.0. The van der Waals surface area contributed by atoms with Crippen LogP contribution < -0.4 is 19.9 Å². The van der Waals surface area contributed by atoms with E-state index in [0.717, 1.165) is 97.1 Å². The van der Waals surface area contributed by atoms with Gasteiger partial charge in [-0.3, -0.25) is 0 Å². The predicted molar refractivity (Wildman–Crippen MR) is 312 cm³/mol. The molecule has 4 bridgehead atoms. The van der Waals surface area contributed by atoms with Crippen LogP contribution in [-0.2, 0) is 41.8 Å². The van der Waals surface area contributed by atoms with Gasteiger partial charge in [0.2, 0.25) is 10.0 Å². The van der Waals surface area contributed by atoms with Crippen molar-refractivity contribution in [2.24, 2.45) is 29.4 Å². The maximum absolute atomic E-state index is 13.4. The lowest BCUT2D eigenvalue weighted by molar-refractivity contribution is -0.275. The van der Waals surface area contributed by atoms with Crippen molar-refractivity contribution in [2.75, 3.05) is 0 Å². The van der Waals surface area contributed by atoms with Crippen molar-refractivity contribution in [2.45, 2.75) is 149 Å². The molecule has 23 heteroatoms. The lowest BCUT2D eigenvalue weighted by Crippen LogP contribution is -2.46. The second kappa shape index (κ2) is 24.8. The first-order chi connectivity index (χ1) is 41.6. The maximum atomic E-state index is 13.4. The van der Waals surface area contributed by atoms with Crippen LogP contribution in [0.25, 0.3) is 44.1 Å². The summed E-state index contributed by atoms with van der Waals surface area (Å²) in [4.78, 5) is 0.393. The third-order valence-electron chi connectivity index (χ3n) is 17.7. The lowest BCUT2D eigenvalue weighted by atomic mass is 9.83. The fourth-order valence-corrected chi connectivity index (χ4v) is 15.4. The molecule has 14 nitrogen and oxygen atoms in total. The average molecular weight is 1260 g/mol. The standard InChI is InChI=1S/C32H31F3N2O5S.C22H25F3N2O3.C10H7ClO2S/c33-32(34,35)41-28-8-4-3-7-26(28)30-27(31(42-36-30)20-9-10-20)18-40-24-15-22-11-12-23(16-24)29(22)37-43(38,39)25-14-13-19-5-1-2-6-21(19)17-25;23-22(24,25)29-18-4-2-1-3-16(18)20-17(21(30-27-20)12-5-6-12)11-28-15-9-13-7-8-14(10-15)19(13)26;11-14(12,13)10-6-5-8-3-1-2-4-9(8)7-10/h1-8,13-14,17,20,22-24,29,37H,9-12,15-16,18H2;1-4,12-15,19H,5-11,26H2;1-7H. The van der Waals surface area contributed by atoms with Gasteiger partial charge in [0.15, 0.2) is 0 Å². The zero-order valence-electron chi connectivity index (χ0n) is 46.9. The van der Waals surface area contributed by atoms with Crippen LogP contribution in [0, 0.1) is 23.7 Å². The molecule has 0 radical (unpaired) electrons. The van der Waals surface area contributed by atoms with Gasteiger partial charge in [0.25, 0.3) is 9.05 Å². The summed E-state index contributed by atoms with van der Waals surface area (Å²) in [5.74, 6) is 2.43. The number of hydrogen-bond donors (Lipinski definition) is 2. The van der Waals surface area contributed by atoms with E-state index in [0.29, 0.717) is 47.4 Å². The number of halogens is 7. The highest BCUT2D eigenvalue weighted by Gasteiger charge is 2.46. The Labute approximate surface area is 503 Å². The van der Waals surface area contributed by atoms with Crippen LogP contribution in [0.2, 0.25) is 0 Å². The minimum Gasteiger partial charge on any atom is -0.405 e. The summed E-state index contributed by atoms with van der Waals surface area (Å²) in [6.07, 6.45) is 1.57. The topological polar surface area (TPSA) is 195 Å². The molecule has 14 rings (SSSR count). The number of hydrogen-bond acceptors (Lipinski definition) is 13. The third-order valence-corrected chi connectivity index (χ3v) is 20.5. The molecule has 0 spiro atoms. The second-order valence-electron chi connectivity index (χ2n) is 23.6. The van der Waals surface area contributed by atoms with Gasteiger partial charge in [0.1, 0.15) is 34.4 Å². The number of para-hydroxylation sites is 2. The van der Waals surface area contributed by atoms with E-state index in [1.54, 1.807) is 42.5 Å². The van der Waals surface area contributed by atoms with Gasteiger partial charge in [0, 0.05) is 56.9 Å². The summed E-state index contributed by atoms with van der Waals surface area (Å²) in [5.41, 5.74) is 8.79. The normalized spacial score (nSPS) is 23.6. The maximum Gasteiger partial charge on any atom is 0.573 e. The predicted octanol–water partition coefficient (Wildman–Crippen LogP) is 15.2. The number of nitrogens with one attached hydrogen (secondary N) is 1. The molecule has 0 aliphatic heterocycles. The van der Waals surface area contributed by atoms with Gasteiger partial charge in [-0.25, -0.2) is 21.6 Å². The van der Waals surface area contributed by atoms with Gasteiger partial charge in [0.05, 0.1) is 35.2 Å². The zero-order valence-corrected chi connectivity index (χ0v) is 49.3. The fraction of sp³-hybridized carbons (Fsp3) is 0.406. The Hall–Kier alpha value is -6.53. The first-order valence-electron chi connectivity index (χ1n) is 29.2. The van der Waals surface area contributed by atoms with Gasteiger partial charge in [-0.2, -0.15) is 0 Å². The van der Waals surface area contributed by atoms with Crippen LogP contribution in [0.15, 0.2) is 152 Å². The highest BCUT2D eigenvalue weighted by molar-refractivity contribution is 8.13. The molecule has 2 aromatic heterocycles. The largest absolute Gasteiger partial charge is 0.573 e. The molecule has 6 aliphatic rings. The first kappa shape index (κ1) is 60.7.